The summed E-state index contributed by atoms with van der Waals surface area (Å²) in [7, 11) is 0. The molecule has 2 aromatic carbocycles. The Morgan fingerprint density at radius 1 is 1.14 bits per heavy atom. The number of carbonyl (C=O) groups excluding carboxylic acids is 2. The predicted octanol–water partition coefficient (Wildman–Crippen LogP) is 6.04. The minimum Gasteiger partial charge on any atom is -0.489 e. The van der Waals surface area contributed by atoms with Gasteiger partial charge in [-0.25, -0.2) is 0 Å². The van der Waals surface area contributed by atoms with Crippen LogP contribution in [0.2, 0.25) is 0 Å². The van der Waals surface area contributed by atoms with Gasteiger partial charge in [-0.05, 0) is 48.4 Å². The fraction of sp³-hybridized carbons (Fsp3) is 0.481. The van der Waals surface area contributed by atoms with Crippen LogP contribution in [0, 0.1) is 15.5 Å². The number of nitro groups is 1. The molecule has 0 saturated heterocycles. The molecule has 1 aliphatic heterocycles. The molecule has 0 amide bonds. The maximum absolute atomic E-state index is 13.1. The van der Waals surface area contributed by atoms with E-state index in [0.717, 1.165) is 12.0 Å². The van der Waals surface area contributed by atoms with Gasteiger partial charge in [0.25, 0.3) is 5.69 Å². The average molecular weight is 484 g/mol. The summed E-state index contributed by atoms with van der Waals surface area (Å²) in [5.74, 6) is 0.630. The first-order valence-corrected chi connectivity index (χ1v) is 11.6. The van der Waals surface area contributed by atoms with E-state index in [4.69, 9.17) is 14.2 Å². The van der Waals surface area contributed by atoms with Gasteiger partial charge in [0.1, 0.15) is 29.5 Å². The van der Waals surface area contributed by atoms with E-state index in [2.05, 4.69) is 34.6 Å². The summed E-state index contributed by atoms with van der Waals surface area (Å²) >= 11 is 0. The van der Waals surface area contributed by atoms with Crippen LogP contribution < -0.4 is 14.2 Å². The first-order valence-electron chi connectivity index (χ1n) is 11.6. The van der Waals surface area contributed by atoms with Gasteiger partial charge in [-0.2, -0.15) is 0 Å². The number of non-ortho nitro benzene ring substituents is 1. The van der Waals surface area contributed by atoms with Crippen LogP contribution >= 0.6 is 0 Å². The molecule has 8 nitrogen and oxygen atoms in total. The van der Waals surface area contributed by atoms with E-state index in [1.165, 1.54) is 31.2 Å². The lowest BCUT2D eigenvalue weighted by Gasteiger charge is -2.37. The first-order chi connectivity index (χ1) is 16.1. The number of benzene rings is 2. The van der Waals surface area contributed by atoms with Crippen molar-refractivity contribution in [2.24, 2.45) is 5.41 Å². The van der Waals surface area contributed by atoms with Crippen molar-refractivity contribution in [3.8, 4) is 17.2 Å². The number of Topliss-reactive ketones (excluding diaryl/α,β-unsaturated/α-hetero) is 1. The number of ketones is 1. The van der Waals surface area contributed by atoms with Gasteiger partial charge in [0, 0.05) is 24.6 Å². The smallest absolute Gasteiger partial charge is 0.308 e. The monoisotopic (exact) mass is 483 g/mol. The molecule has 0 bridgehead atoms. The summed E-state index contributed by atoms with van der Waals surface area (Å²) in [6, 6.07) is 9.16. The molecule has 1 heterocycles. The van der Waals surface area contributed by atoms with Crippen LogP contribution in [0.4, 0.5) is 5.69 Å². The third-order valence-electron chi connectivity index (χ3n) is 5.82. The highest BCUT2D eigenvalue weighted by Crippen LogP contribution is 2.45. The van der Waals surface area contributed by atoms with Crippen LogP contribution in [0.15, 0.2) is 36.4 Å². The van der Waals surface area contributed by atoms with Crippen LogP contribution in [-0.4, -0.2) is 28.9 Å². The van der Waals surface area contributed by atoms with E-state index >= 15 is 0 Å². The van der Waals surface area contributed by atoms with E-state index < -0.39 is 16.5 Å². The summed E-state index contributed by atoms with van der Waals surface area (Å²) in [4.78, 5) is 35.3. The molecular formula is C27H33NO7. The standard InChI is InChI=1S/C27H33NO7/c1-17(29)34-24-12-20-22(30)14-27(7,16-33-19-10-8-18(9-11-19)28(31)32)35-23(20)13-21(24)26(5,6)15-25(2,3)4/h8-13H,14-16H2,1-7H3. The second-order valence-corrected chi connectivity index (χ2v) is 11.3. The molecule has 0 aromatic heterocycles. The number of nitro benzene ring substituents is 1. The van der Waals surface area contributed by atoms with Gasteiger partial charge in [0.2, 0.25) is 0 Å². The van der Waals surface area contributed by atoms with E-state index in [1.54, 1.807) is 19.1 Å². The van der Waals surface area contributed by atoms with Gasteiger partial charge in [0.05, 0.1) is 16.9 Å². The largest absolute Gasteiger partial charge is 0.489 e. The maximum atomic E-state index is 13.1. The molecular weight excluding hydrogens is 450 g/mol. The summed E-state index contributed by atoms with van der Waals surface area (Å²) in [6.45, 7) is 13.8. The Bertz CT molecular complexity index is 1150. The second-order valence-electron chi connectivity index (χ2n) is 11.3. The Labute approximate surface area is 205 Å². The molecule has 0 radical (unpaired) electrons. The van der Waals surface area contributed by atoms with Crippen molar-refractivity contribution in [2.75, 3.05) is 6.61 Å². The number of carbonyl (C=O) groups is 2. The van der Waals surface area contributed by atoms with Gasteiger partial charge in [-0.3, -0.25) is 19.7 Å². The number of hydrogen-bond acceptors (Lipinski definition) is 7. The molecule has 1 aliphatic rings. The third kappa shape index (κ3) is 6.38. The SMILES string of the molecule is CC(=O)Oc1cc2c(cc1C(C)(C)CC(C)(C)C)OC(C)(COc1ccc([N+](=O)[O-])cc1)CC2=O. The Balaban J connectivity index is 1.92. The maximum Gasteiger partial charge on any atom is 0.308 e. The van der Waals surface area contributed by atoms with Crippen LogP contribution in [0.1, 0.15) is 77.2 Å². The van der Waals surface area contributed by atoms with Gasteiger partial charge in [-0.1, -0.05) is 34.6 Å². The summed E-state index contributed by atoms with van der Waals surface area (Å²) in [6.07, 6.45) is 0.874. The zero-order valence-corrected chi connectivity index (χ0v) is 21.4. The topological polar surface area (TPSA) is 105 Å². The molecule has 3 rings (SSSR count). The molecule has 1 atom stereocenters. The highest BCUT2D eigenvalue weighted by Gasteiger charge is 2.40. The fourth-order valence-electron chi connectivity index (χ4n) is 4.77. The number of nitrogens with zero attached hydrogens (tertiary/aromatic N) is 1. The Hall–Kier alpha value is -3.42. The van der Waals surface area contributed by atoms with Crippen LogP contribution in [0.3, 0.4) is 0 Å². The number of fused-ring (bicyclic) bond motifs is 1. The quantitative estimate of drug-likeness (QED) is 0.205. The number of rotatable bonds is 7. The lowest BCUT2D eigenvalue weighted by molar-refractivity contribution is -0.384. The fourth-order valence-corrected chi connectivity index (χ4v) is 4.77. The van der Waals surface area contributed by atoms with Crippen molar-refractivity contribution in [1.29, 1.82) is 0 Å². The number of esters is 1. The molecule has 0 fully saturated rings. The minimum absolute atomic E-state index is 0.0106. The van der Waals surface area contributed by atoms with Crippen molar-refractivity contribution >= 4 is 17.4 Å². The average Bonchev–Trinajstić information content (AvgIpc) is 2.70. The zero-order chi connectivity index (χ0) is 26.2. The summed E-state index contributed by atoms with van der Waals surface area (Å²) in [5, 5.41) is 10.9. The van der Waals surface area contributed by atoms with Crippen molar-refractivity contribution in [1.82, 2.24) is 0 Å². The van der Waals surface area contributed by atoms with Crippen LogP contribution in [0.25, 0.3) is 0 Å². The van der Waals surface area contributed by atoms with Gasteiger partial charge in [0.15, 0.2) is 5.78 Å². The molecule has 0 N–H and O–H groups in total. The van der Waals surface area contributed by atoms with Gasteiger partial charge in [-0.15, -0.1) is 0 Å². The molecule has 35 heavy (non-hydrogen) atoms. The third-order valence-corrected chi connectivity index (χ3v) is 5.82. The van der Waals surface area contributed by atoms with Crippen molar-refractivity contribution in [2.45, 2.75) is 72.3 Å². The van der Waals surface area contributed by atoms with E-state index in [9.17, 15) is 19.7 Å². The van der Waals surface area contributed by atoms with E-state index in [0.29, 0.717) is 22.8 Å². The van der Waals surface area contributed by atoms with Crippen molar-refractivity contribution in [3.05, 3.63) is 57.6 Å². The second kappa shape index (κ2) is 9.32. The highest BCUT2D eigenvalue weighted by molar-refractivity contribution is 6.01. The summed E-state index contributed by atoms with van der Waals surface area (Å²) in [5.41, 5.74) is -0.181. The predicted molar refractivity (Wildman–Crippen MR) is 131 cm³/mol. The highest BCUT2D eigenvalue weighted by atomic mass is 16.6. The molecule has 2 aromatic rings. The van der Waals surface area contributed by atoms with Crippen LogP contribution in [0.5, 0.6) is 17.2 Å². The minimum atomic E-state index is -0.944. The molecule has 0 spiro atoms. The van der Waals surface area contributed by atoms with Crippen molar-refractivity contribution < 1.29 is 28.7 Å². The lowest BCUT2D eigenvalue weighted by atomic mass is 9.71. The van der Waals surface area contributed by atoms with Gasteiger partial charge < -0.3 is 14.2 Å². The van der Waals surface area contributed by atoms with Crippen molar-refractivity contribution in [3.63, 3.8) is 0 Å². The lowest BCUT2D eigenvalue weighted by Crippen LogP contribution is -2.44. The Morgan fingerprint density at radius 3 is 2.31 bits per heavy atom. The Morgan fingerprint density at radius 2 is 1.77 bits per heavy atom. The normalized spacial score (nSPS) is 17.9. The molecule has 188 valence electrons. The van der Waals surface area contributed by atoms with E-state index in [1.807, 2.05) is 0 Å². The Kier molecular flexibility index (Phi) is 6.97. The molecule has 0 saturated carbocycles. The number of hydrogen-bond donors (Lipinski definition) is 0. The molecule has 1 unspecified atom stereocenters. The molecule has 0 aliphatic carbocycles. The van der Waals surface area contributed by atoms with Crippen LogP contribution in [-0.2, 0) is 10.2 Å². The summed E-state index contributed by atoms with van der Waals surface area (Å²) < 4.78 is 17.6. The van der Waals surface area contributed by atoms with E-state index in [-0.39, 0.29) is 35.3 Å². The van der Waals surface area contributed by atoms with Gasteiger partial charge >= 0.3 is 5.97 Å². The first kappa shape index (κ1) is 26.2. The molecule has 8 heteroatoms. The zero-order valence-electron chi connectivity index (χ0n) is 21.4. The number of ether oxygens (including phenoxy) is 3.